The Bertz CT molecular complexity index is 186. The van der Waals surface area contributed by atoms with Crippen LogP contribution in [0, 0.1) is 11.8 Å². The predicted octanol–water partition coefficient (Wildman–Crippen LogP) is 5.41. The van der Waals surface area contributed by atoms with Crippen LogP contribution in [0.1, 0.15) is 61.8 Å². The Hall–Kier alpha value is -0.340. The molecule has 0 spiro atoms. The minimum Gasteiger partial charge on any atom is -0.306 e. The number of piperidine rings is 2. The molecule has 2 heterocycles. The third kappa shape index (κ3) is 11.0. The van der Waals surface area contributed by atoms with Gasteiger partial charge in [0, 0.05) is 13.1 Å². The van der Waals surface area contributed by atoms with Gasteiger partial charge in [0.15, 0.2) is 0 Å². The molecule has 2 nitrogen and oxygen atoms in total. The summed E-state index contributed by atoms with van der Waals surface area (Å²) in [5, 5.41) is 0. The third-order valence-electron chi connectivity index (χ3n) is 4.11. The van der Waals surface area contributed by atoms with Gasteiger partial charge >= 0.3 is 0 Å². The molecule has 2 aliphatic heterocycles. The Morgan fingerprint density at radius 1 is 0.762 bits per heavy atom. The van der Waals surface area contributed by atoms with Crippen molar-refractivity contribution in [1.82, 2.24) is 9.80 Å². The molecule has 2 aliphatic rings. The highest BCUT2D eigenvalue weighted by Crippen LogP contribution is 2.27. The van der Waals surface area contributed by atoms with Gasteiger partial charge in [-0.3, -0.25) is 0 Å². The summed E-state index contributed by atoms with van der Waals surface area (Å²) >= 11 is 0. The first-order chi connectivity index (χ1) is 8.24. The molecule has 0 saturated carbocycles. The predicted molar refractivity (Wildman–Crippen MR) is 103 cm³/mol. The van der Waals surface area contributed by atoms with Crippen LogP contribution in [0.5, 0.6) is 0 Å². The van der Waals surface area contributed by atoms with Crippen molar-refractivity contribution < 1.29 is 0 Å². The van der Waals surface area contributed by atoms with Gasteiger partial charge in [-0.25, -0.2) is 0 Å². The van der Waals surface area contributed by atoms with E-state index < -0.39 is 0 Å². The molecule has 2 saturated heterocycles. The van der Waals surface area contributed by atoms with Crippen molar-refractivity contribution in [2.45, 2.75) is 61.8 Å². The summed E-state index contributed by atoms with van der Waals surface area (Å²) in [6, 6.07) is 0. The molecule has 0 bridgehead atoms. The van der Waals surface area contributed by atoms with Crippen LogP contribution in [0.4, 0.5) is 0 Å². The molecular formula is C19H46N2. The number of nitrogens with zero attached hydrogens (tertiary/aromatic N) is 2. The quantitative estimate of drug-likeness (QED) is 0.630. The molecule has 21 heavy (non-hydrogen) atoms. The lowest BCUT2D eigenvalue weighted by Crippen LogP contribution is -2.37. The number of likely N-dealkylation sites (tertiary alicyclic amines) is 2. The molecule has 0 aliphatic carbocycles. The van der Waals surface area contributed by atoms with Gasteiger partial charge < -0.3 is 9.80 Å². The van der Waals surface area contributed by atoms with Crippen LogP contribution in [0.3, 0.4) is 0 Å². The van der Waals surface area contributed by atoms with Crippen LogP contribution in [-0.4, -0.2) is 50.1 Å². The van der Waals surface area contributed by atoms with E-state index in [2.05, 4.69) is 37.1 Å². The number of hydrogen-bond donors (Lipinski definition) is 0. The molecular weight excluding hydrogens is 256 g/mol. The summed E-state index contributed by atoms with van der Waals surface area (Å²) in [5.74, 6) is 1.97. The molecule has 0 aromatic rings. The van der Waals surface area contributed by atoms with Crippen molar-refractivity contribution in [3.8, 4) is 0 Å². The third-order valence-corrected chi connectivity index (χ3v) is 4.11. The van der Waals surface area contributed by atoms with Gasteiger partial charge in [0.25, 0.3) is 0 Å². The van der Waals surface area contributed by atoms with E-state index in [-0.39, 0.29) is 29.7 Å². The van der Waals surface area contributed by atoms with Crippen LogP contribution in [0.15, 0.2) is 13.2 Å². The molecule has 0 radical (unpaired) electrons. The van der Waals surface area contributed by atoms with Gasteiger partial charge in [0.1, 0.15) is 0 Å². The second kappa shape index (κ2) is 16.0. The minimum absolute atomic E-state index is 0. The smallest absolute Gasteiger partial charge is 0.000672 e. The molecule has 0 amide bonds. The molecule has 132 valence electrons. The highest BCUT2D eigenvalue weighted by molar-refractivity contribution is 4.77. The monoisotopic (exact) mass is 302 g/mol. The van der Waals surface area contributed by atoms with E-state index in [4.69, 9.17) is 0 Å². The SMILES string of the molecule is C.C.C.C.C=C.CN1CCCC(CC2CCCN(C)C2)C1. The molecule has 0 aromatic heterocycles. The Morgan fingerprint density at radius 2 is 1.10 bits per heavy atom. The van der Waals surface area contributed by atoms with Crippen LogP contribution < -0.4 is 0 Å². The summed E-state index contributed by atoms with van der Waals surface area (Å²) in [7, 11) is 4.55. The van der Waals surface area contributed by atoms with E-state index in [1.54, 1.807) is 0 Å². The lowest BCUT2D eigenvalue weighted by molar-refractivity contribution is 0.143. The van der Waals surface area contributed by atoms with Crippen LogP contribution in [0.25, 0.3) is 0 Å². The highest BCUT2D eigenvalue weighted by Gasteiger charge is 2.23. The highest BCUT2D eigenvalue weighted by atomic mass is 15.1. The van der Waals surface area contributed by atoms with Gasteiger partial charge in [-0.05, 0) is 71.1 Å². The van der Waals surface area contributed by atoms with E-state index in [1.165, 1.54) is 58.3 Å². The molecule has 0 aromatic carbocycles. The van der Waals surface area contributed by atoms with Crippen LogP contribution >= 0.6 is 0 Å². The van der Waals surface area contributed by atoms with Crippen LogP contribution in [0.2, 0.25) is 0 Å². The van der Waals surface area contributed by atoms with E-state index in [1.807, 2.05) is 0 Å². The molecule has 2 fully saturated rings. The van der Waals surface area contributed by atoms with Gasteiger partial charge in [0.2, 0.25) is 0 Å². The standard InChI is InChI=1S/C13H26N2.C2H4.4CH4/c1-14-7-3-5-12(10-14)9-13-6-4-8-15(2)11-13;1-2;;;;/h12-13H,3-11H2,1-2H3;1-2H2;4*1H4. The average Bonchev–Trinajstić information content (AvgIpc) is 2.31. The molecule has 0 N–H and O–H groups in total. The maximum absolute atomic E-state index is 3.00. The number of rotatable bonds is 2. The molecule has 2 rings (SSSR count). The Kier molecular flexibility index (Phi) is 22.0. The fourth-order valence-corrected chi connectivity index (χ4v) is 3.40. The van der Waals surface area contributed by atoms with Crippen LogP contribution in [-0.2, 0) is 0 Å². The van der Waals surface area contributed by atoms with Crippen molar-refractivity contribution in [3.63, 3.8) is 0 Å². The van der Waals surface area contributed by atoms with E-state index in [0.717, 1.165) is 11.8 Å². The van der Waals surface area contributed by atoms with Crippen molar-refractivity contribution in [2.75, 3.05) is 40.3 Å². The fraction of sp³-hybridized carbons (Fsp3) is 0.895. The van der Waals surface area contributed by atoms with Crippen molar-refractivity contribution >= 4 is 0 Å². The maximum Gasteiger partial charge on any atom is 0.000672 e. The first-order valence-electron chi connectivity index (χ1n) is 7.11. The Morgan fingerprint density at radius 3 is 1.38 bits per heavy atom. The largest absolute Gasteiger partial charge is 0.306 e. The lowest BCUT2D eigenvalue weighted by atomic mass is 9.84. The van der Waals surface area contributed by atoms with Gasteiger partial charge in [-0.2, -0.15) is 0 Å². The zero-order valence-corrected chi connectivity index (χ0v) is 11.8. The topological polar surface area (TPSA) is 6.48 Å². The van der Waals surface area contributed by atoms with Crippen molar-refractivity contribution in [2.24, 2.45) is 11.8 Å². The molecule has 2 unspecified atom stereocenters. The van der Waals surface area contributed by atoms with Gasteiger partial charge in [0.05, 0.1) is 0 Å². The van der Waals surface area contributed by atoms with E-state index in [9.17, 15) is 0 Å². The van der Waals surface area contributed by atoms with Gasteiger partial charge in [-0.1, -0.05) is 29.7 Å². The number of hydrogen-bond acceptors (Lipinski definition) is 2. The Labute approximate surface area is 137 Å². The van der Waals surface area contributed by atoms with Gasteiger partial charge in [-0.15, -0.1) is 13.2 Å². The minimum atomic E-state index is 0. The zero-order chi connectivity index (χ0) is 12.7. The molecule has 2 heteroatoms. The first kappa shape index (κ1) is 28.8. The maximum atomic E-state index is 3.00. The first-order valence-corrected chi connectivity index (χ1v) is 7.11. The van der Waals surface area contributed by atoms with E-state index >= 15 is 0 Å². The summed E-state index contributed by atoms with van der Waals surface area (Å²) < 4.78 is 0. The molecule has 2 atom stereocenters. The summed E-state index contributed by atoms with van der Waals surface area (Å²) in [4.78, 5) is 5.03. The summed E-state index contributed by atoms with van der Waals surface area (Å²) in [6.07, 6.45) is 7.28. The normalized spacial score (nSPS) is 25.6. The second-order valence-electron chi connectivity index (χ2n) is 5.78. The Balaban J connectivity index is -0.000000231. The second-order valence-corrected chi connectivity index (χ2v) is 5.78. The van der Waals surface area contributed by atoms with Crippen molar-refractivity contribution in [1.29, 1.82) is 0 Å². The summed E-state index contributed by atoms with van der Waals surface area (Å²) in [5.41, 5.74) is 0. The summed E-state index contributed by atoms with van der Waals surface area (Å²) in [6.45, 7) is 11.3. The lowest BCUT2D eigenvalue weighted by Gasteiger charge is -2.35. The van der Waals surface area contributed by atoms with Crippen molar-refractivity contribution in [3.05, 3.63) is 13.2 Å². The fourth-order valence-electron chi connectivity index (χ4n) is 3.40. The zero-order valence-electron chi connectivity index (χ0n) is 11.8. The average molecular weight is 303 g/mol. The van der Waals surface area contributed by atoms with E-state index in [0.29, 0.717) is 0 Å².